The highest BCUT2D eigenvalue weighted by Crippen LogP contribution is 2.40. The quantitative estimate of drug-likeness (QED) is 0.331. The van der Waals surface area contributed by atoms with Gasteiger partial charge in [0.1, 0.15) is 6.04 Å². The Balaban J connectivity index is 1.64. The van der Waals surface area contributed by atoms with Crippen LogP contribution in [0.4, 0.5) is 11.6 Å². The van der Waals surface area contributed by atoms with Crippen molar-refractivity contribution in [2.24, 2.45) is 0 Å². The van der Waals surface area contributed by atoms with Crippen LogP contribution in [0.25, 0.3) is 11.4 Å². The van der Waals surface area contributed by atoms with Gasteiger partial charge in [-0.1, -0.05) is 29.3 Å². The molecule has 2 aromatic carbocycles. The first kappa shape index (κ1) is 24.6. The number of pyridine rings is 1. The summed E-state index contributed by atoms with van der Waals surface area (Å²) in [6.45, 7) is 1.82. The van der Waals surface area contributed by atoms with Crippen molar-refractivity contribution in [2.45, 2.75) is 13.0 Å². The monoisotopic (exact) mass is 536 g/mol. The zero-order valence-corrected chi connectivity index (χ0v) is 21.6. The van der Waals surface area contributed by atoms with Crippen LogP contribution in [0.15, 0.2) is 72.2 Å². The highest BCUT2D eigenvalue weighted by Gasteiger charge is 2.35. The Labute approximate surface area is 223 Å². The van der Waals surface area contributed by atoms with Crippen LogP contribution >= 0.6 is 23.2 Å². The van der Waals surface area contributed by atoms with Gasteiger partial charge < -0.3 is 20.1 Å². The summed E-state index contributed by atoms with van der Waals surface area (Å²) in [5, 5.41) is 11.7. The van der Waals surface area contributed by atoms with Crippen molar-refractivity contribution in [3.63, 3.8) is 0 Å². The molecule has 3 heterocycles. The van der Waals surface area contributed by atoms with Crippen molar-refractivity contribution >= 4 is 40.7 Å². The lowest BCUT2D eigenvalue weighted by Crippen LogP contribution is -2.31. The van der Waals surface area contributed by atoms with E-state index in [4.69, 9.17) is 37.8 Å². The lowest BCUT2D eigenvalue weighted by atomic mass is 9.94. The van der Waals surface area contributed by atoms with E-state index in [2.05, 4.69) is 20.6 Å². The maximum Gasteiger partial charge on any atom is 0.255 e. The van der Waals surface area contributed by atoms with E-state index >= 15 is 0 Å². The molecular weight excluding hydrogens is 515 g/mol. The highest BCUT2D eigenvalue weighted by atomic mass is 35.5. The molecule has 0 aliphatic carbocycles. The molecule has 2 N–H and O–H groups in total. The first-order chi connectivity index (χ1) is 17.9. The molecule has 0 saturated heterocycles. The van der Waals surface area contributed by atoms with Crippen LogP contribution in [0.1, 0.15) is 18.5 Å². The van der Waals surface area contributed by atoms with E-state index in [1.165, 1.54) is 0 Å². The van der Waals surface area contributed by atoms with E-state index in [9.17, 15) is 4.79 Å². The van der Waals surface area contributed by atoms with E-state index in [0.717, 1.165) is 5.56 Å². The third-order valence-corrected chi connectivity index (χ3v) is 6.66. The number of ether oxygens (including phenoxy) is 2. The summed E-state index contributed by atoms with van der Waals surface area (Å²) >= 11 is 12.3. The number of rotatable bonds is 6. The number of halogens is 2. The number of hydrogen-bond donors (Lipinski definition) is 2. The van der Waals surface area contributed by atoms with Crippen LogP contribution in [0, 0.1) is 0 Å². The molecule has 0 bridgehead atoms. The average molecular weight is 537 g/mol. The summed E-state index contributed by atoms with van der Waals surface area (Å²) in [7, 11) is 3.13. The molecule has 0 spiro atoms. The number of amides is 1. The minimum atomic E-state index is -0.628. The second kappa shape index (κ2) is 10.1. The second-order valence-corrected chi connectivity index (χ2v) is 9.02. The van der Waals surface area contributed by atoms with E-state index < -0.39 is 6.04 Å². The van der Waals surface area contributed by atoms with E-state index in [-0.39, 0.29) is 5.91 Å². The van der Waals surface area contributed by atoms with Crippen molar-refractivity contribution in [1.29, 1.82) is 0 Å². The molecule has 1 amide bonds. The molecule has 9 nitrogen and oxygen atoms in total. The Morgan fingerprint density at radius 3 is 2.57 bits per heavy atom. The largest absolute Gasteiger partial charge is 0.493 e. The zero-order chi connectivity index (χ0) is 26.1. The third-order valence-electron chi connectivity index (χ3n) is 5.92. The average Bonchev–Trinajstić information content (AvgIpc) is 3.33. The lowest BCUT2D eigenvalue weighted by molar-refractivity contribution is -0.113. The van der Waals surface area contributed by atoms with E-state index in [1.54, 1.807) is 67.7 Å². The van der Waals surface area contributed by atoms with Crippen LogP contribution in [0.3, 0.4) is 0 Å². The van der Waals surface area contributed by atoms with Gasteiger partial charge in [-0.05, 0) is 55.0 Å². The van der Waals surface area contributed by atoms with Crippen LogP contribution in [-0.2, 0) is 4.79 Å². The van der Waals surface area contributed by atoms with Crippen LogP contribution in [0.5, 0.6) is 11.5 Å². The van der Waals surface area contributed by atoms with E-state index in [1.807, 2.05) is 19.1 Å². The number of benzene rings is 2. The fraction of sp³-hybridized carbons (Fsp3) is 0.154. The smallest absolute Gasteiger partial charge is 0.255 e. The maximum absolute atomic E-state index is 13.6. The molecule has 0 radical (unpaired) electrons. The van der Waals surface area contributed by atoms with Gasteiger partial charge in [0, 0.05) is 17.5 Å². The Morgan fingerprint density at radius 2 is 1.86 bits per heavy atom. The summed E-state index contributed by atoms with van der Waals surface area (Å²) in [6.07, 6.45) is 3.22. The fourth-order valence-electron chi connectivity index (χ4n) is 4.17. The molecule has 1 atom stereocenters. The van der Waals surface area contributed by atoms with Gasteiger partial charge in [0.2, 0.25) is 5.95 Å². The molecular formula is C26H22Cl2N6O3. The molecule has 1 unspecified atom stereocenters. The molecule has 188 valence electrons. The predicted octanol–water partition coefficient (Wildman–Crippen LogP) is 5.59. The number of anilines is 2. The summed E-state index contributed by atoms with van der Waals surface area (Å²) < 4.78 is 12.6. The minimum absolute atomic E-state index is 0.310. The number of allylic oxidation sites excluding steroid dienone is 1. The van der Waals surface area contributed by atoms with Crippen LogP contribution < -0.4 is 20.1 Å². The summed E-state index contributed by atoms with van der Waals surface area (Å²) in [5.41, 5.74) is 3.08. The van der Waals surface area contributed by atoms with Gasteiger partial charge in [0.05, 0.1) is 41.7 Å². The minimum Gasteiger partial charge on any atom is -0.493 e. The number of nitrogens with zero attached hydrogens (tertiary/aromatic N) is 4. The van der Waals surface area contributed by atoms with Crippen LogP contribution in [0.2, 0.25) is 10.0 Å². The van der Waals surface area contributed by atoms with Gasteiger partial charge in [-0.3, -0.25) is 9.78 Å². The zero-order valence-electron chi connectivity index (χ0n) is 20.1. The van der Waals surface area contributed by atoms with Gasteiger partial charge in [-0.25, -0.2) is 4.68 Å². The number of carbonyl (C=O) groups is 1. The molecule has 5 rings (SSSR count). The first-order valence-electron chi connectivity index (χ1n) is 11.2. The number of methoxy groups -OCH3 is 2. The first-order valence-corrected chi connectivity index (χ1v) is 12.0. The molecule has 1 aliphatic heterocycles. The Hall–Kier alpha value is -4.08. The number of hydrogen-bond acceptors (Lipinski definition) is 7. The number of nitrogens with one attached hydrogen (secondary N) is 2. The van der Waals surface area contributed by atoms with Gasteiger partial charge in [-0.15, -0.1) is 5.10 Å². The van der Waals surface area contributed by atoms with Crippen molar-refractivity contribution in [3.8, 4) is 22.9 Å². The predicted molar refractivity (Wildman–Crippen MR) is 142 cm³/mol. The van der Waals surface area contributed by atoms with Gasteiger partial charge in [-0.2, -0.15) is 4.98 Å². The molecule has 1 aliphatic rings. The van der Waals surface area contributed by atoms with Crippen molar-refractivity contribution in [3.05, 3.63) is 87.8 Å². The van der Waals surface area contributed by atoms with E-state index in [0.29, 0.717) is 55.8 Å². The Bertz CT molecular complexity index is 1520. The van der Waals surface area contributed by atoms with Crippen molar-refractivity contribution in [1.82, 2.24) is 19.7 Å². The normalized spacial score (nSPS) is 14.6. The Morgan fingerprint density at radius 1 is 1.05 bits per heavy atom. The SMILES string of the molecule is COc1ccc(C2C(C(=O)Nc3cccnc3)=C(C)Nc3nc(-c4ccc(Cl)c(Cl)c4)nn32)cc1OC. The Kier molecular flexibility index (Phi) is 6.73. The lowest BCUT2D eigenvalue weighted by Gasteiger charge is -2.29. The summed E-state index contributed by atoms with van der Waals surface area (Å²) in [5.74, 6) is 1.67. The summed E-state index contributed by atoms with van der Waals surface area (Å²) in [4.78, 5) is 22.4. The van der Waals surface area contributed by atoms with Crippen molar-refractivity contribution < 1.29 is 14.3 Å². The van der Waals surface area contributed by atoms with Crippen molar-refractivity contribution in [2.75, 3.05) is 24.9 Å². The molecule has 4 aromatic rings. The highest BCUT2D eigenvalue weighted by molar-refractivity contribution is 6.42. The maximum atomic E-state index is 13.6. The topological polar surface area (TPSA) is 103 Å². The molecule has 2 aromatic heterocycles. The number of aromatic nitrogens is 4. The summed E-state index contributed by atoms with van der Waals surface area (Å²) in [6, 6.07) is 13.6. The molecule has 0 saturated carbocycles. The van der Waals surface area contributed by atoms with Gasteiger partial charge >= 0.3 is 0 Å². The molecule has 37 heavy (non-hydrogen) atoms. The standard InChI is InChI=1S/C26H22Cl2N6O3/c1-14-22(25(35)31-17-5-4-10-29-13-17)23(15-7-9-20(36-2)21(12-15)37-3)34-26(30-14)32-24(33-34)16-6-8-18(27)19(28)11-16/h4-13,23H,1-3H3,(H,31,35)(H,30,32,33). The number of carbonyl (C=O) groups excluding carboxylic acids is 1. The van der Waals surface area contributed by atoms with Gasteiger partial charge in [0.15, 0.2) is 17.3 Å². The fourth-order valence-corrected chi connectivity index (χ4v) is 4.47. The number of fused-ring (bicyclic) bond motifs is 1. The second-order valence-electron chi connectivity index (χ2n) is 8.21. The van der Waals surface area contributed by atoms with Crippen LogP contribution in [-0.4, -0.2) is 39.9 Å². The molecule has 0 fully saturated rings. The third kappa shape index (κ3) is 4.71. The van der Waals surface area contributed by atoms with Gasteiger partial charge in [0.25, 0.3) is 5.91 Å². The molecule has 11 heteroatoms.